The molecule has 3 nitrogen and oxygen atoms in total. The maximum Gasteiger partial charge on any atom is 0.302 e. The molecule has 0 radical (unpaired) electrons. The van der Waals surface area contributed by atoms with Crippen molar-refractivity contribution in [2.24, 2.45) is 23.7 Å². The average molecular weight is 288 g/mol. The Morgan fingerprint density at radius 1 is 1.29 bits per heavy atom. The molecule has 3 heteroatoms. The fraction of sp³-hybridized carbons (Fsp3) is 0.722. The first kappa shape index (κ1) is 13.6. The van der Waals surface area contributed by atoms with Gasteiger partial charge >= 0.3 is 5.97 Å². The van der Waals surface area contributed by atoms with E-state index in [2.05, 4.69) is 12.2 Å². The summed E-state index contributed by atoms with van der Waals surface area (Å²) in [5.41, 5.74) is 3.05. The summed E-state index contributed by atoms with van der Waals surface area (Å²) in [4.78, 5) is 11.6. The van der Waals surface area contributed by atoms with Crippen molar-refractivity contribution in [2.75, 3.05) is 13.2 Å². The Balaban J connectivity index is 1.70. The minimum atomic E-state index is -0.136. The van der Waals surface area contributed by atoms with Crippen LogP contribution in [0.1, 0.15) is 39.0 Å². The Morgan fingerprint density at radius 2 is 2.19 bits per heavy atom. The molecule has 0 aromatic heterocycles. The smallest absolute Gasteiger partial charge is 0.302 e. The van der Waals surface area contributed by atoms with Crippen LogP contribution in [0.5, 0.6) is 0 Å². The number of ether oxygens (including phenoxy) is 2. The SMILES string of the molecule is CC(=O)OC1CC2CCCC2C2=CC=C3CCOCC3C21. The molecular weight excluding hydrogens is 264 g/mol. The van der Waals surface area contributed by atoms with Gasteiger partial charge in [-0.05, 0) is 37.5 Å². The third kappa shape index (κ3) is 2.26. The average Bonchev–Trinajstić information content (AvgIpc) is 2.94. The first-order valence-electron chi connectivity index (χ1n) is 8.39. The van der Waals surface area contributed by atoms with Crippen molar-refractivity contribution in [2.45, 2.75) is 45.1 Å². The van der Waals surface area contributed by atoms with E-state index in [-0.39, 0.29) is 12.1 Å². The highest BCUT2D eigenvalue weighted by Gasteiger charge is 2.49. The zero-order valence-electron chi connectivity index (χ0n) is 12.7. The van der Waals surface area contributed by atoms with Crippen molar-refractivity contribution in [3.05, 3.63) is 23.3 Å². The zero-order valence-corrected chi connectivity index (χ0v) is 12.7. The largest absolute Gasteiger partial charge is 0.462 e. The van der Waals surface area contributed by atoms with Gasteiger partial charge in [0.1, 0.15) is 6.10 Å². The van der Waals surface area contributed by atoms with E-state index in [9.17, 15) is 4.79 Å². The lowest BCUT2D eigenvalue weighted by Gasteiger charge is -2.47. The monoisotopic (exact) mass is 288 g/mol. The van der Waals surface area contributed by atoms with E-state index >= 15 is 0 Å². The normalized spacial score (nSPS) is 41.3. The summed E-state index contributed by atoms with van der Waals surface area (Å²) in [6.07, 6.45) is 10.8. The molecule has 0 bridgehead atoms. The van der Waals surface area contributed by atoms with Crippen molar-refractivity contribution in [3.63, 3.8) is 0 Å². The number of esters is 1. The van der Waals surface area contributed by atoms with Crippen LogP contribution in [0.25, 0.3) is 0 Å². The molecule has 114 valence electrons. The second-order valence-corrected chi connectivity index (χ2v) is 7.05. The van der Waals surface area contributed by atoms with Crippen molar-refractivity contribution in [3.8, 4) is 0 Å². The highest BCUT2D eigenvalue weighted by molar-refractivity contribution is 5.66. The second-order valence-electron chi connectivity index (χ2n) is 7.05. The van der Waals surface area contributed by atoms with Crippen LogP contribution in [-0.2, 0) is 14.3 Å². The molecule has 3 aliphatic carbocycles. The topological polar surface area (TPSA) is 35.5 Å². The molecular formula is C18H24O3. The summed E-state index contributed by atoms with van der Waals surface area (Å²) in [6, 6.07) is 0. The molecule has 5 unspecified atom stereocenters. The molecule has 3 fully saturated rings. The van der Waals surface area contributed by atoms with Gasteiger partial charge in [-0.15, -0.1) is 0 Å². The number of hydrogen-bond donors (Lipinski definition) is 0. The van der Waals surface area contributed by atoms with Gasteiger partial charge in [0.05, 0.1) is 13.2 Å². The van der Waals surface area contributed by atoms with Gasteiger partial charge in [0.15, 0.2) is 0 Å². The number of hydrogen-bond acceptors (Lipinski definition) is 3. The van der Waals surface area contributed by atoms with Crippen molar-refractivity contribution < 1.29 is 14.3 Å². The van der Waals surface area contributed by atoms with Crippen LogP contribution in [0.15, 0.2) is 23.3 Å². The van der Waals surface area contributed by atoms with E-state index in [0.29, 0.717) is 11.8 Å². The van der Waals surface area contributed by atoms with E-state index in [1.54, 1.807) is 12.5 Å². The van der Waals surface area contributed by atoms with E-state index < -0.39 is 0 Å². The number of allylic oxidation sites excluding steroid dienone is 2. The molecule has 1 heterocycles. The Hall–Kier alpha value is -1.09. The van der Waals surface area contributed by atoms with Crippen molar-refractivity contribution in [1.82, 2.24) is 0 Å². The van der Waals surface area contributed by atoms with Crippen LogP contribution < -0.4 is 0 Å². The molecule has 1 aliphatic heterocycles. The van der Waals surface area contributed by atoms with Crippen LogP contribution in [0.3, 0.4) is 0 Å². The Bertz CT molecular complexity index is 505. The molecule has 21 heavy (non-hydrogen) atoms. The van der Waals surface area contributed by atoms with Gasteiger partial charge in [0.2, 0.25) is 0 Å². The number of carbonyl (C=O) groups is 1. The fourth-order valence-electron chi connectivity index (χ4n) is 5.16. The maximum absolute atomic E-state index is 11.6. The molecule has 1 saturated heterocycles. The Kier molecular flexibility index (Phi) is 3.41. The van der Waals surface area contributed by atoms with E-state index in [1.807, 2.05) is 0 Å². The third-order valence-electron chi connectivity index (χ3n) is 5.96. The lowest BCUT2D eigenvalue weighted by atomic mass is 9.62. The highest BCUT2D eigenvalue weighted by Crippen LogP contribution is 2.53. The molecule has 5 atom stereocenters. The van der Waals surface area contributed by atoms with Gasteiger partial charge in [0.25, 0.3) is 0 Å². The number of carbonyl (C=O) groups excluding carboxylic acids is 1. The molecule has 0 N–H and O–H groups in total. The maximum atomic E-state index is 11.6. The first-order chi connectivity index (χ1) is 10.2. The Morgan fingerprint density at radius 3 is 3.05 bits per heavy atom. The van der Waals surface area contributed by atoms with Gasteiger partial charge in [-0.2, -0.15) is 0 Å². The summed E-state index contributed by atoms with van der Waals surface area (Å²) in [7, 11) is 0. The molecule has 0 spiro atoms. The van der Waals surface area contributed by atoms with Gasteiger partial charge < -0.3 is 9.47 Å². The fourth-order valence-corrected chi connectivity index (χ4v) is 5.16. The van der Waals surface area contributed by atoms with Crippen LogP contribution in [0.2, 0.25) is 0 Å². The highest BCUT2D eigenvalue weighted by atomic mass is 16.5. The van der Waals surface area contributed by atoms with Gasteiger partial charge in [0, 0.05) is 18.8 Å². The first-order valence-corrected chi connectivity index (χ1v) is 8.39. The van der Waals surface area contributed by atoms with E-state index in [1.165, 1.54) is 24.8 Å². The standard InChI is InChI=1S/C18H24O3/c1-11(19)21-17-9-13-3-2-4-14(13)15-6-5-12-7-8-20-10-16(12)18(15)17/h5-6,13-14,16-18H,2-4,7-10H2,1H3. The minimum absolute atomic E-state index is 0.0588. The van der Waals surface area contributed by atoms with Gasteiger partial charge in [-0.3, -0.25) is 4.79 Å². The summed E-state index contributed by atoms with van der Waals surface area (Å²) in [5, 5.41) is 0. The van der Waals surface area contributed by atoms with Gasteiger partial charge in [-0.1, -0.05) is 29.7 Å². The summed E-state index contributed by atoms with van der Waals surface area (Å²) >= 11 is 0. The molecule has 4 aliphatic rings. The van der Waals surface area contributed by atoms with Crippen LogP contribution in [-0.4, -0.2) is 25.3 Å². The summed E-state index contributed by atoms with van der Waals surface area (Å²) < 4.78 is 11.5. The van der Waals surface area contributed by atoms with E-state index in [4.69, 9.17) is 9.47 Å². The summed E-state index contributed by atoms with van der Waals surface area (Å²) in [5.74, 6) is 2.11. The molecule has 0 amide bonds. The lowest BCUT2D eigenvalue weighted by molar-refractivity contribution is -0.152. The number of rotatable bonds is 1. The lowest BCUT2D eigenvalue weighted by Crippen LogP contribution is -2.45. The molecule has 2 saturated carbocycles. The molecule has 4 rings (SSSR count). The zero-order chi connectivity index (χ0) is 14.4. The molecule has 0 aromatic carbocycles. The third-order valence-corrected chi connectivity index (χ3v) is 5.96. The van der Waals surface area contributed by atoms with E-state index in [0.717, 1.165) is 37.9 Å². The number of fused-ring (bicyclic) bond motifs is 5. The Labute approximate surface area is 126 Å². The second kappa shape index (κ2) is 5.28. The van der Waals surface area contributed by atoms with Crippen LogP contribution >= 0.6 is 0 Å². The quantitative estimate of drug-likeness (QED) is 0.695. The summed E-state index contributed by atoms with van der Waals surface area (Å²) in [6.45, 7) is 3.17. The predicted octanol–water partition coefficient (Wildman–Crippen LogP) is 3.26. The molecule has 0 aromatic rings. The van der Waals surface area contributed by atoms with Gasteiger partial charge in [-0.25, -0.2) is 0 Å². The minimum Gasteiger partial charge on any atom is -0.462 e. The predicted molar refractivity (Wildman–Crippen MR) is 79.6 cm³/mol. The van der Waals surface area contributed by atoms with Crippen molar-refractivity contribution in [1.29, 1.82) is 0 Å². The van der Waals surface area contributed by atoms with Crippen LogP contribution in [0, 0.1) is 23.7 Å². The van der Waals surface area contributed by atoms with Crippen molar-refractivity contribution >= 4 is 5.97 Å². The van der Waals surface area contributed by atoms with Crippen LogP contribution in [0.4, 0.5) is 0 Å².